The third-order valence-corrected chi connectivity index (χ3v) is 3.72. The standard InChI is InChI=1S/C16H22N2O2/c1-3-10-17(13(2)19)11-9-16(20)18-12-8-14-6-4-5-7-15(14)18/h4-7H,3,8-12H2,1-2H3. The summed E-state index contributed by atoms with van der Waals surface area (Å²) >= 11 is 0. The Hall–Kier alpha value is -1.84. The molecule has 1 heterocycles. The first-order valence-electron chi connectivity index (χ1n) is 7.27. The van der Waals surface area contributed by atoms with Crippen molar-refractivity contribution in [3.8, 4) is 0 Å². The van der Waals surface area contributed by atoms with E-state index in [9.17, 15) is 9.59 Å². The maximum atomic E-state index is 12.3. The van der Waals surface area contributed by atoms with Crippen LogP contribution in [0.25, 0.3) is 0 Å². The highest BCUT2D eigenvalue weighted by Crippen LogP contribution is 2.27. The van der Waals surface area contributed by atoms with Gasteiger partial charge in [0.25, 0.3) is 0 Å². The van der Waals surface area contributed by atoms with Crippen molar-refractivity contribution < 1.29 is 9.59 Å². The van der Waals surface area contributed by atoms with Gasteiger partial charge in [0, 0.05) is 38.7 Å². The lowest BCUT2D eigenvalue weighted by Gasteiger charge is -2.22. The van der Waals surface area contributed by atoms with Crippen molar-refractivity contribution in [3.05, 3.63) is 29.8 Å². The molecule has 0 saturated carbocycles. The number of benzene rings is 1. The summed E-state index contributed by atoms with van der Waals surface area (Å²) < 4.78 is 0. The van der Waals surface area contributed by atoms with E-state index in [2.05, 4.69) is 6.07 Å². The molecule has 1 aliphatic rings. The number of carbonyl (C=O) groups is 2. The summed E-state index contributed by atoms with van der Waals surface area (Å²) in [7, 11) is 0. The minimum Gasteiger partial charge on any atom is -0.342 e. The first-order valence-corrected chi connectivity index (χ1v) is 7.27. The van der Waals surface area contributed by atoms with Gasteiger partial charge in [0.15, 0.2) is 0 Å². The number of para-hydroxylation sites is 1. The van der Waals surface area contributed by atoms with E-state index >= 15 is 0 Å². The Labute approximate surface area is 120 Å². The number of hydrogen-bond acceptors (Lipinski definition) is 2. The van der Waals surface area contributed by atoms with Crippen molar-refractivity contribution in [3.63, 3.8) is 0 Å². The van der Waals surface area contributed by atoms with Crippen LogP contribution in [-0.4, -0.2) is 36.3 Å². The number of rotatable bonds is 5. The maximum Gasteiger partial charge on any atom is 0.228 e. The second-order valence-electron chi connectivity index (χ2n) is 5.18. The number of hydrogen-bond donors (Lipinski definition) is 0. The quantitative estimate of drug-likeness (QED) is 0.826. The van der Waals surface area contributed by atoms with Gasteiger partial charge in [-0.2, -0.15) is 0 Å². The van der Waals surface area contributed by atoms with Crippen molar-refractivity contribution in [2.45, 2.75) is 33.1 Å². The fourth-order valence-electron chi connectivity index (χ4n) is 2.66. The first kappa shape index (κ1) is 14.6. The Bertz CT molecular complexity index is 499. The van der Waals surface area contributed by atoms with E-state index < -0.39 is 0 Å². The van der Waals surface area contributed by atoms with Crippen molar-refractivity contribution in [2.24, 2.45) is 0 Å². The van der Waals surface area contributed by atoms with Gasteiger partial charge in [-0.1, -0.05) is 25.1 Å². The molecule has 2 rings (SSSR count). The number of fused-ring (bicyclic) bond motifs is 1. The SMILES string of the molecule is CCCN(CCC(=O)N1CCc2ccccc21)C(C)=O. The molecule has 0 aliphatic carbocycles. The van der Waals surface area contributed by atoms with Crippen molar-refractivity contribution >= 4 is 17.5 Å². The smallest absolute Gasteiger partial charge is 0.228 e. The molecule has 4 nitrogen and oxygen atoms in total. The molecule has 108 valence electrons. The molecule has 0 aromatic heterocycles. The van der Waals surface area contributed by atoms with Crippen LogP contribution in [0.5, 0.6) is 0 Å². The third-order valence-electron chi connectivity index (χ3n) is 3.72. The average Bonchev–Trinajstić information content (AvgIpc) is 2.86. The second-order valence-corrected chi connectivity index (χ2v) is 5.18. The summed E-state index contributed by atoms with van der Waals surface area (Å²) in [5.41, 5.74) is 2.26. The summed E-state index contributed by atoms with van der Waals surface area (Å²) in [5.74, 6) is 0.152. The van der Waals surface area contributed by atoms with Crippen LogP contribution in [0.1, 0.15) is 32.3 Å². The topological polar surface area (TPSA) is 40.6 Å². The lowest BCUT2D eigenvalue weighted by Crippen LogP contribution is -2.36. The fraction of sp³-hybridized carbons (Fsp3) is 0.500. The van der Waals surface area contributed by atoms with E-state index in [1.54, 1.807) is 11.8 Å². The number of carbonyl (C=O) groups excluding carboxylic acids is 2. The molecule has 0 bridgehead atoms. The molecule has 2 amide bonds. The lowest BCUT2D eigenvalue weighted by molar-refractivity contribution is -0.129. The van der Waals surface area contributed by atoms with Gasteiger partial charge in [-0.05, 0) is 24.5 Å². The van der Waals surface area contributed by atoms with Gasteiger partial charge in [0.2, 0.25) is 11.8 Å². The zero-order valence-electron chi connectivity index (χ0n) is 12.3. The van der Waals surface area contributed by atoms with E-state index in [1.165, 1.54) is 5.56 Å². The van der Waals surface area contributed by atoms with E-state index in [1.807, 2.05) is 30.0 Å². The summed E-state index contributed by atoms with van der Waals surface area (Å²) in [6.07, 6.45) is 2.24. The van der Waals surface area contributed by atoms with Crippen LogP contribution in [-0.2, 0) is 16.0 Å². The summed E-state index contributed by atoms with van der Waals surface area (Å²) in [4.78, 5) is 27.4. The first-order chi connectivity index (χ1) is 9.63. The fourth-order valence-corrected chi connectivity index (χ4v) is 2.66. The largest absolute Gasteiger partial charge is 0.342 e. The van der Waals surface area contributed by atoms with Gasteiger partial charge in [-0.25, -0.2) is 0 Å². The normalized spacial score (nSPS) is 13.2. The van der Waals surface area contributed by atoms with Crippen LogP contribution < -0.4 is 4.90 Å². The summed E-state index contributed by atoms with van der Waals surface area (Å²) in [5, 5.41) is 0. The molecule has 4 heteroatoms. The van der Waals surface area contributed by atoms with Crippen LogP contribution in [0.4, 0.5) is 5.69 Å². The molecule has 1 aromatic carbocycles. The summed E-state index contributed by atoms with van der Waals surface area (Å²) in [6.45, 7) is 5.59. The van der Waals surface area contributed by atoms with E-state index in [-0.39, 0.29) is 11.8 Å². The maximum absolute atomic E-state index is 12.3. The van der Waals surface area contributed by atoms with Gasteiger partial charge >= 0.3 is 0 Å². The van der Waals surface area contributed by atoms with Gasteiger partial charge in [0.05, 0.1) is 0 Å². The van der Waals surface area contributed by atoms with Crippen LogP contribution in [0.2, 0.25) is 0 Å². The minimum absolute atomic E-state index is 0.0430. The monoisotopic (exact) mass is 274 g/mol. The van der Waals surface area contributed by atoms with Crippen molar-refractivity contribution in [1.29, 1.82) is 0 Å². The Kier molecular flexibility index (Phi) is 4.77. The molecule has 0 atom stereocenters. The third kappa shape index (κ3) is 3.18. The highest BCUT2D eigenvalue weighted by atomic mass is 16.2. The van der Waals surface area contributed by atoms with Gasteiger partial charge in [-0.3, -0.25) is 9.59 Å². The van der Waals surface area contributed by atoms with Crippen LogP contribution in [0.3, 0.4) is 0 Å². The molecular weight excluding hydrogens is 252 g/mol. The Morgan fingerprint density at radius 3 is 2.70 bits per heavy atom. The Balaban J connectivity index is 1.95. The van der Waals surface area contributed by atoms with Gasteiger partial charge < -0.3 is 9.80 Å². The number of amides is 2. The van der Waals surface area contributed by atoms with Crippen molar-refractivity contribution in [2.75, 3.05) is 24.5 Å². The Morgan fingerprint density at radius 1 is 1.25 bits per heavy atom. The average molecular weight is 274 g/mol. The molecule has 0 fully saturated rings. The number of nitrogens with zero attached hydrogens (tertiary/aromatic N) is 2. The predicted molar refractivity (Wildman–Crippen MR) is 79.7 cm³/mol. The molecule has 1 aromatic rings. The van der Waals surface area contributed by atoms with Crippen LogP contribution in [0.15, 0.2) is 24.3 Å². The predicted octanol–water partition coefficient (Wildman–Crippen LogP) is 2.22. The van der Waals surface area contributed by atoms with Crippen LogP contribution >= 0.6 is 0 Å². The highest BCUT2D eigenvalue weighted by molar-refractivity contribution is 5.95. The summed E-state index contributed by atoms with van der Waals surface area (Å²) in [6, 6.07) is 8.03. The van der Waals surface area contributed by atoms with E-state index in [0.717, 1.165) is 31.6 Å². The molecule has 0 radical (unpaired) electrons. The number of anilines is 1. The molecule has 0 saturated heterocycles. The zero-order valence-corrected chi connectivity index (χ0v) is 12.3. The zero-order chi connectivity index (χ0) is 14.5. The molecule has 0 spiro atoms. The molecule has 1 aliphatic heterocycles. The van der Waals surface area contributed by atoms with Crippen molar-refractivity contribution in [1.82, 2.24) is 4.90 Å². The second kappa shape index (κ2) is 6.55. The van der Waals surface area contributed by atoms with Gasteiger partial charge in [0.1, 0.15) is 0 Å². The van der Waals surface area contributed by atoms with Crippen LogP contribution in [0, 0.1) is 0 Å². The van der Waals surface area contributed by atoms with E-state index in [0.29, 0.717) is 13.0 Å². The van der Waals surface area contributed by atoms with Gasteiger partial charge in [-0.15, -0.1) is 0 Å². The lowest BCUT2D eigenvalue weighted by atomic mass is 10.2. The molecule has 20 heavy (non-hydrogen) atoms. The highest BCUT2D eigenvalue weighted by Gasteiger charge is 2.24. The molecular formula is C16H22N2O2. The minimum atomic E-state index is 0.0430. The van der Waals surface area contributed by atoms with E-state index in [4.69, 9.17) is 0 Å². The molecule has 0 unspecified atom stereocenters. The molecule has 0 N–H and O–H groups in total. The Morgan fingerprint density at radius 2 is 2.00 bits per heavy atom.